The van der Waals surface area contributed by atoms with Gasteiger partial charge in [-0.05, 0) is 30.7 Å². The molecule has 0 spiro atoms. The number of halogens is 1. The van der Waals surface area contributed by atoms with Crippen LogP contribution in [0.3, 0.4) is 0 Å². The Hall–Kier alpha value is -2.36. The van der Waals surface area contributed by atoms with Crippen LogP contribution in [0.1, 0.15) is 24.1 Å². The predicted molar refractivity (Wildman–Crippen MR) is 82.1 cm³/mol. The summed E-state index contributed by atoms with van der Waals surface area (Å²) in [6.45, 7) is 1.82. The molecule has 2 rings (SSSR count). The van der Waals surface area contributed by atoms with Gasteiger partial charge in [0.1, 0.15) is 5.82 Å². The molecular formula is C17H19FN2O. The molecule has 0 aliphatic heterocycles. The molecule has 0 radical (unpaired) electrons. The fourth-order valence-corrected chi connectivity index (χ4v) is 2.17. The van der Waals surface area contributed by atoms with Crippen molar-refractivity contribution in [2.45, 2.75) is 19.4 Å². The first kappa shape index (κ1) is 15.0. The minimum atomic E-state index is -0.313. The van der Waals surface area contributed by atoms with Crippen LogP contribution in [0.25, 0.3) is 0 Å². The zero-order chi connectivity index (χ0) is 15.4. The number of anilines is 1. The van der Waals surface area contributed by atoms with Crippen molar-refractivity contribution in [3.8, 4) is 0 Å². The normalized spacial score (nSPS) is 12.0. The van der Waals surface area contributed by atoms with Crippen molar-refractivity contribution in [1.29, 1.82) is 0 Å². The topological polar surface area (TPSA) is 46.3 Å². The molecule has 110 valence electrons. The number of hydrogen-bond donors (Lipinski definition) is 1. The molecule has 2 aromatic rings. The molecular weight excluding hydrogens is 267 g/mol. The molecule has 1 amide bonds. The van der Waals surface area contributed by atoms with Crippen LogP contribution in [0, 0.1) is 5.82 Å². The highest BCUT2D eigenvalue weighted by Gasteiger charge is 2.19. The van der Waals surface area contributed by atoms with Gasteiger partial charge in [-0.1, -0.05) is 30.3 Å². The highest BCUT2D eigenvalue weighted by molar-refractivity contribution is 5.79. The smallest absolute Gasteiger partial charge is 0.227 e. The maximum absolute atomic E-state index is 13.8. The van der Waals surface area contributed by atoms with Gasteiger partial charge in [-0.15, -0.1) is 0 Å². The molecule has 0 aromatic heterocycles. The van der Waals surface area contributed by atoms with Gasteiger partial charge in [0.05, 0.1) is 12.5 Å². The fraction of sp³-hybridized carbons (Fsp3) is 0.235. The fourth-order valence-electron chi connectivity index (χ4n) is 2.17. The second-order valence-electron chi connectivity index (χ2n) is 5.12. The predicted octanol–water partition coefficient (Wildman–Crippen LogP) is 3.17. The molecule has 21 heavy (non-hydrogen) atoms. The Morgan fingerprint density at radius 1 is 1.19 bits per heavy atom. The zero-order valence-electron chi connectivity index (χ0n) is 12.2. The third-order valence-electron chi connectivity index (χ3n) is 3.66. The Morgan fingerprint density at radius 3 is 2.43 bits per heavy atom. The number of likely N-dealkylation sites (N-methyl/N-ethyl adjacent to an activating group) is 1. The van der Waals surface area contributed by atoms with Crippen molar-refractivity contribution < 1.29 is 9.18 Å². The van der Waals surface area contributed by atoms with Crippen molar-refractivity contribution in [2.24, 2.45) is 0 Å². The van der Waals surface area contributed by atoms with E-state index in [2.05, 4.69) is 0 Å². The van der Waals surface area contributed by atoms with E-state index in [4.69, 9.17) is 5.73 Å². The Labute approximate surface area is 124 Å². The van der Waals surface area contributed by atoms with Crippen molar-refractivity contribution in [1.82, 2.24) is 4.90 Å². The second kappa shape index (κ2) is 6.39. The van der Waals surface area contributed by atoms with E-state index < -0.39 is 0 Å². The SMILES string of the molecule is CC(c1ccccc1F)N(C)C(=O)Cc1ccc(N)cc1. The lowest BCUT2D eigenvalue weighted by molar-refractivity contribution is -0.131. The third kappa shape index (κ3) is 3.60. The molecule has 0 aliphatic carbocycles. The van der Waals surface area contributed by atoms with Gasteiger partial charge in [0, 0.05) is 18.3 Å². The lowest BCUT2D eigenvalue weighted by Crippen LogP contribution is -2.31. The van der Waals surface area contributed by atoms with Crippen molar-refractivity contribution in [3.63, 3.8) is 0 Å². The summed E-state index contributed by atoms with van der Waals surface area (Å²) in [5.41, 5.74) is 7.70. The summed E-state index contributed by atoms with van der Waals surface area (Å²) in [6, 6.07) is 13.4. The summed E-state index contributed by atoms with van der Waals surface area (Å²) < 4.78 is 13.8. The molecule has 0 bridgehead atoms. The van der Waals surface area contributed by atoms with Gasteiger partial charge in [0.2, 0.25) is 5.91 Å². The van der Waals surface area contributed by atoms with E-state index in [1.807, 2.05) is 19.1 Å². The van der Waals surface area contributed by atoms with Crippen LogP contribution in [0.5, 0.6) is 0 Å². The number of nitrogens with zero attached hydrogens (tertiary/aromatic N) is 1. The molecule has 0 saturated carbocycles. The zero-order valence-corrected chi connectivity index (χ0v) is 12.2. The Kier molecular flexibility index (Phi) is 4.58. The van der Waals surface area contributed by atoms with Gasteiger partial charge in [0.15, 0.2) is 0 Å². The Morgan fingerprint density at radius 2 is 1.81 bits per heavy atom. The molecule has 4 heteroatoms. The van der Waals surface area contributed by atoms with E-state index >= 15 is 0 Å². The van der Waals surface area contributed by atoms with Crippen LogP contribution in [0.2, 0.25) is 0 Å². The average molecular weight is 286 g/mol. The van der Waals surface area contributed by atoms with Crippen LogP contribution in [0.15, 0.2) is 48.5 Å². The van der Waals surface area contributed by atoms with Crippen LogP contribution in [-0.4, -0.2) is 17.9 Å². The first-order valence-corrected chi connectivity index (χ1v) is 6.83. The number of carbonyl (C=O) groups excluding carboxylic acids is 1. The van der Waals surface area contributed by atoms with Crippen LogP contribution >= 0.6 is 0 Å². The molecule has 0 saturated heterocycles. The van der Waals surface area contributed by atoms with Crippen LogP contribution in [-0.2, 0) is 11.2 Å². The van der Waals surface area contributed by atoms with E-state index in [0.717, 1.165) is 5.56 Å². The summed E-state index contributed by atoms with van der Waals surface area (Å²) in [7, 11) is 1.69. The molecule has 2 aromatic carbocycles. The van der Waals surface area contributed by atoms with Crippen molar-refractivity contribution >= 4 is 11.6 Å². The first-order chi connectivity index (χ1) is 9.99. The van der Waals surface area contributed by atoms with E-state index in [0.29, 0.717) is 11.3 Å². The molecule has 0 aliphatic rings. The molecule has 0 heterocycles. The highest BCUT2D eigenvalue weighted by Crippen LogP contribution is 2.22. The quantitative estimate of drug-likeness (QED) is 0.877. The van der Waals surface area contributed by atoms with Gasteiger partial charge in [-0.3, -0.25) is 4.79 Å². The lowest BCUT2D eigenvalue weighted by atomic mass is 10.1. The summed E-state index contributed by atoms with van der Waals surface area (Å²) in [4.78, 5) is 13.9. The molecule has 1 atom stereocenters. The maximum atomic E-state index is 13.8. The van der Waals surface area contributed by atoms with E-state index in [-0.39, 0.29) is 24.2 Å². The number of nitrogens with two attached hydrogens (primary N) is 1. The highest BCUT2D eigenvalue weighted by atomic mass is 19.1. The molecule has 1 unspecified atom stereocenters. The Balaban J connectivity index is 2.08. The molecule has 2 N–H and O–H groups in total. The van der Waals surface area contributed by atoms with Gasteiger partial charge < -0.3 is 10.6 Å². The standard InChI is InChI=1S/C17H19FN2O/c1-12(15-5-3-4-6-16(15)18)20(2)17(21)11-13-7-9-14(19)10-8-13/h3-10,12H,11,19H2,1-2H3. The first-order valence-electron chi connectivity index (χ1n) is 6.83. The number of amides is 1. The number of hydrogen-bond acceptors (Lipinski definition) is 2. The summed E-state index contributed by atoms with van der Waals surface area (Å²) in [6.07, 6.45) is 0.273. The van der Waals surface area contributed by atoms with Gasteiger partial charge in [-0.2, -0.15) is 0 Å². The molecule has 3 nitrogen and oxygen atoms in total. The van der Waals surface area contributed by atoms with Gasteiger partial charge in [-0.25, -0.2) is 4.39 Å². The van der Waals surface area contributed by atoms with Crippen molar-refractivity contribution in [3.05, 3.63) is 65.5 Å². The summed E-state index contributed by atoms with van der Waals surface area (Å²) >= 11 is 0. The summed E-state index contributed by atoms with van der Waals surface area (Å²) in [5.74, 6) is -0.354. The largest absolute Gasteiger partial charge is 0.399 e. The Bertz CT molecular complexity index is 625. The number of carbonyl (C=O) groups is 1. The minimum absolute atomic E-state index is 0.0597. The van der Waals surface area contributed by atoms with Crippen molar-refractivity contribution in [2.75, 3.05) is 12.8 Å². The second-order valence-corrected chi connectivity index (χ2v) is 5.12. The lowest BCUT2D eigenvalue weighted by Gasteiger charge is -2.25. The van der Waals surface area contributed by atoms with Crippen LogP contribution in [0.4, 0.5) is 10.1 Å². The monoisotopic (exact) mass is 286 g/mol. The maximum Gasteiger partial charge on any atom is 0.227 e. The van der Waals surface area contributed by atoms with E-state index in [9.17, 15) is 9.18 Å². The summed E-state index contributed by atoms with van der Waals surface area (Å²) in [5, 5.41) is 0. The minimum Gasteiger partial charge on any atom is -0.399 e. The van der Waals surface area contributed by atoms with Crippen LogP contribution < -0.4 is 5.73 Å². The molecule has 0 fully saturated rings. The number of rotatable bonds is 4. The van der Waals surface area contributed by atoms with Gasteiger partial charge in [0.25, 0.3) is 0 Å². The third-order valence-corrected chi connectivity index (χ3v) is 3.66. The van der Waals surface area contributed by atoms with Gasteiger partial charge >= 0.3 is 0 Å². The van der Waals surface area contributed by atoms with E-state index in [1.54, 1.807) is 42.3 Å². The average Bonchev–Trinajstić information content (AvgIpc) is 2.48. The number of benzene rings is 2. The van der Waals surface area contributed by atoms with E-state index in [1.165, 1.54) is 6.07 Å². The number of nitrogen functional groups attached to an aromatic ring is 1.